The van der Waals surface area contributed by atoms with Gasteiger partial charge in [-0.1, -0.05) is 6.08 Å². The van der Waals surface area contributed by atoms with Gasteiger partial charge in [0.1, 0.15) is 5.57 Å². The van der Waals surface area contributed by atoms with Crippen LogP contribution in [0.2, 0.25) is 0 Å². The molecular formula is C18H18F3NO5. The molecule has 9 heteroatoms. The highest BCUT2D eigenvalue weighted by Gasteiger charge is 2.43. The number of nitrogens with zero attached hydrogens (tertiary/aromatic N) is 1. The Morgan fingerprint density at radius 1 is 1.11 bits per heavy atom. The molecule has 0 atom stereocenters. The van der Waals surface area contributed by atoms with Crippen molar-refractivity contribution in [2.45, 2.75) is 12.6 Å². The second-order valence-electron chi connectivity index (χ2n) is 5.49. The van der Waals surface area contributed by atoms with Crippen LogP contribution in [-0.2, 0) is 9.59 Å². The summed E-state index contributed by atoms with van der Waals surface area (Å²) in [5.41, 5.74) is -0.850. The predicted octanol–water partition coefficient (Wildman–Crippen LogP) is 2.97. The van der Waals surface area contributed by atoms with Gasteiger partial charge in [-0.15, -0.1) is 0 Å². The van der Waals surface area contributed by atoms with E-state index >= 15 is 0 Å². The second-order valence-corrected chi connectivity index (χ2v) is 5.49. The first-order valence-electron chi connectivity index (χ1n) is 7.84. The molecule has 6 nitrogen and oxygen atoms in total. The first kappa shape index (κ1) is 20.3. The number of carbonyl (C=O) groups is 2. The monoisotopic (exact) mass is 385 g/mol. The number of rotatable bonds is 5. The minimum absolute atomic E-state index is 0.0512. The Morgan fingerprint density at radius 3 is 2.19 bits per heavy atom. The van der Waals surface area contributed by atoms with Crippen LogP contribution in [0.25, 0.3) is 6.08 Å². The zero-order valence-electron chi connectivity index (χ0n) is 14.9. The molecule has 1 aliphatic heterocycles. The summed E-state index contributed by atoms with van der Waals surface area (Å²) in [6, 6.07) is 3.12. The molecule has 0 unspecified atom stereocenters. The van der Waals surface area contributed by atoms with Gasteiger partial charge in [0.15, 0.2) is 11.5 Å². The Balaban J connectivity index is 2.24. The number of halogens is 3. The third-order valence-corrected chi connectivity index (χ3v) is 3.85. The predicted molar refractivity (Wildman–Crippen MR) is 90.6 cm³/mol. The number of ether oxygens (including phenoxy) is 3. The molecule has 0 saturated carbocycles. The van der Waals surface area contributed by atoms with E-state index < -0.39 is 23.6 Å². The number of hydrogen-bond donors (Lipinski definition) is 0. The van der Waals surface area contributed by atoms with E-state index in [4.69, 9.17) is 14.2 Å². The zero-order valence-corrected chi connectivity index (χ0v) is 14.9. The van der Waals surface area contributed by atoms with E-state index in [-0.39, 0.29) is 13.0 Å². The van der Waals surface area contributed by atoms with Crippen molar-refractivity contribution in [1.82, 2.24) is 4.90 Å². The number of amides is 2. The van der Waals surface area contributed by atoms with Crippen molar-refractivity contribution in [3.8, 4) is 17.2 Å². The molecule has 2 rings (SSSR count). The van der Waals surface area contributed by atoms with Crippen molar-refractivity contribution in [2.75, 3.05) is 27.9 Å². The van der Waals surface area contributed by atoms with Crippen molar-refractivity contribution in [1.29, 1.82) is 0 Å². The lowest BCUT2D eigenvalue weighted by atomic mass is 10.1. The molecule has 1 aromatic rings. The lowest BCUT2D eigenvalue weighted by molar-refractivity contribution is -0.147. The van der Waals surface area contributed by atoms with Crippen molar-refractivity contribution >= 4 is 17.9 Å². The molecule has 0 N–H and O–H groups in total. The van der Waals surface area contributed by atoms with Gasteiger partial charge in [0.05, 0.1) is 21.3 Å². The summed E-state index contributed by atoms with van der Waals surface area (Å²) in [5, 5.41) is 0. The average Bonchev–Trinajstić information content (AvgIpc) is 2.64. The number of benzene rings is 1. The molecule has 0 aromatic heterocycles. The number of carbonyl (C=O) groups excluding carboxylic acids is 2. The van der Waals surface area contributed by atoms with E-state index in [1.54, 1.807) is 12.1 Å². The van der Waals surface area contributed by atoms with Gasteiger partial charge in [-0.3, -0.25) is 14.5 Å². The molecule has 146 valence electrons. The normalized spacial score (nSPS) is 15.0. The lowest BCUT2D eigenvalue weighted by Gasteiger charge is -2.25. The first-order valence-corrected chi connectivity index (χ1v) is 7.84. The number of imide groups is 1. The molecule has 2 amide bonds. The highest BCUT2D eigenvalue weighted by molar-refractivity contribution is 6.09. The molecule has 27 heavy (non-hydrogen) atoms. The maximum absolute atomic E-state index is 12.8. The minimum Gasteiger partial charge on any atom is -0.493 e. The Kier molecular flexibility index (Phi) is 6.14. The number of alkyl halides is 3. The van der Waals surface area contributed by atoms with Crippen LogP contribution in [-0.4, -0.2) is 50.8 Å². The maximum atomic E-state index is 12.8. The quantitative estimate of drug-likeness (QED) is 0.730. The Morgan fingerprint density at radius 2 is 1.70 bits per heavy atom. The van der Waals surface area contributed by atoms with E-state index in [0.717, 1.165) is 12.2 Å². The van der Waals surface area contributed by atoms with Crippen LogP contribution in [0.1, 0.15) is 12.0 Å². The van der Waals surface area contributed by atoms with E-state index in [0.29, 0.717) is 27.7 Å². The first-order chi connectivity index (χ1) is 12.7. The van der Waals surface area contributed by atoms with E-state index in [1.165, 1.54) is 27.4 Å². The minimum atomic E-state index is -4.80. The third-order valence-electron chi connectivity index (χ3n) is 3.85. The summed E-state index contributed by atoms with van der Waals surface area (Å²) < 4.78 is 54.1. The van der Waals surface area contributed by atoms with Crippen LogP contribution >= 0.6 is 0 Å². The summed E-state index contributed by atoms with van der Waals surface area (Å²) in [7, 11) is 4.29. The summed E-state index contributed by atoms with van der Waals surface area (Å²) in [6.45, 7) is -0.114. The molecular weight excluding hydrogens is 367 g/mol. The smallest absolute Gasteiger partial charge is 0.421 e. The molecule has 0 radical (unpaired) electrons. The molecule has 0 spiro atoms. The van der Waals surface area contributed by atoms with Gasteiger partial charge < -0.3 is 14.2 Å². The second kappa shape index (κ2) is 8.15. The molecule has 0 aliphatic carbocycles. The SMILES string of the molecule is COc1cc(/C=C/C(=O)N2CCC=C(C(F)(F)F)C2=O)cc(OC)c1OC. The maximum Gasteiger partial charge on any atom is 0.421 e. The zero-order chi connectivity index (χ0) is 20.2. The van der Waals surface area contributed by atoms with E-state index in [1.807, 2.05) is 0 Å². The molecule has 0 saturated heterocycles. The molecule has 0 bridgehead atoms. The van der Waals surface area contributed by atoms with Gasteiger partial charge in [0.25, 0.3) is 11.8 Å². The van der Waals surface area contributed by atoms with Crippen LogP contribution < -0.4 is 14.2 Å². The average molecular weight is 385 g/mol. The Labute approximate surface area is 153 Å². The molecule has 0 fully saturated rings. The van der Waals surface area contributed by atoms with Crippen molar-refractivity contribution < 1.29 is 37.0 Å². The highest BCUT2D eigenvalue weighted by atomic mass is 19.4. The number of hydrogen-bond acceptors (Lipinski definition) is 5. The van der Waals surface area contributed by atoms with Crippen molar-refractivity contribution in [2.24, 2.45) is 0 Å². The van der Waals surface area contributed by atoms with E-state index in [2.05, 4.69) is 0 Å². The van der Waals surface area contributed by atoms with Gasteiger partial charge in [0, 0.05) is 12.6 Å². The van der Waals surface area contributed by atoms with Crippen LogP contribution in [0.15, 0.2) is 29.9 Å². The van der Waals surface area contributed by atoms with Crippen LogP contribution in [0, 0.1) is 0 Å². The largest absolute Gasteiger partial charge is 0.493 e. The summed E-state index contributed by atoms with van der Waals surface area (Å²) in [6.07, 6.45) is -1.67. The van der Waals surface area contributed by atoms with Crippen LogP contribution in [0.5, 0.6) is 17.2 Å². The van der Waals surface area contributed by atoms with Crippen molar-refractivity contribution in [3.63, 3.8) is 0 Å². The number of methoxy groups -OCH3 is 3. The molecule has 1 aliphatic rings. The molecule has 1 heterocycles. The summed E-state index contributed by atoms with van der Waals surface area (Å²) >= 11 is 0. The van der Waals surface area contributed by atoms with Crippen LogP contribution in [0.4, 0.5) is 13.2 Å². The fraction of sp³-hybridized carbons (Fsp3) is 0.333. The van der Waals surface area contributed by atoms with E-state index in [9.17, 15) is 22.8 Å². The fourth-order valence-corrected chi connectivity index (χ4v) is 2.57. The topological polar surface area (TPSA) is 65.1 Å². The Bertz CT molecular complexity index is 774. The Hall–Kier alpha value is -2.97. The van der Waals surface area contributed by atoms with Gasteiger partial charge in [-0.2, -0.15) is 13.2 Å². The standard InChI is InChI=1S/C18H18F3NO5/c1-25-13-9-11(10-14(26-2)16(13)27-3)6-7-15(23)22-8-4-5-12(17(22)24)18(19,20)21/h5-7,9-10H,4,8H2,1-3H3/b7-6+. The summed E-state index contributed by atoms with van der Waals surface area (Å²) in [4.78, 5) is 24.7. The fourth-order valence-electron chi connectivity index (χ4n) is 2.57. The molecule has 1 aromatic carbocycles. The highest BCUT2D eigenvalue weighted by Crippen LogP contribution is 2.38. The van der Waals surface area contributed by atoms with Gasteiger partial charge >= 0.3 is 6.18 Å². The van der Waals surface area contributed by atoms with Gasteiger partial charge in [-0.05, 0) is 30.2 Å². The van der Waals surface area contributed by atoms with Gasteiger partial charge in [-0.25, -0.2) is 0 Å². The third kappa shape index (κ3) is 4.42. The summed E-state index contributed by atoms with van der Waals surface area (Å²) in [5.74, 6) is -1.15. The van der Waals surface area contributed by atoms with Crippen LogP contribution in [0.3, 0.4) is 0 Å². The van der Waals surface area contributed by atoms with Crippen molar-refractivity contribution in [3.05, 3.63) is 35.4 Å². The lowest BCUT2D eigenvalue weighted by Crippen LogP contribution is -2.43. The van der Waals surface area contributed by atoms with Gasteiger partial charge in [0.2, 0.25) is 5.75 Å².